The maximum atomic E-state index is 12.9. The molecular formula is C18H20N2O2. The molecule has 1 aliphatic rings. The molecule has 114 valence electrons. The first kappa shape index (κ1) is 14.7. The molecule has 4 heteroatoms. The van der Waals surface area contributed by atoms with Crippen molar-refractivity contribution in [1.82, 2.24) is 4.90 Å². The summed E-state index contributed by atoms with van der Waals surface area (Å²) in [6.07, 6.45) is 1.80. The van der Waals surface area contributed by atoms with Gasteiger partial charge in [-0.3, -0.25) is 14.5 Å². The van der Waals surface area contributed by atoms with Gasteiger partial charge < -0.3 is 5.73 Å². The van der Waals surface area contributed by atoms with Crippen LogP contribution in [0.2, 0.25) is 0 Å². The smallest absolute Gasteiger partial charge is 0.231 e. The molecule has 1 aliphatic heterocycles. The summed E-state index contributed by atoms with van der Waals surface area (Å²) in [6.45, 7) is 1.69. The Labute approximate surface area is 129 Å². The number of piperidine rings is 1. The molecule has 0 bridgehead atoms. The van der Waals surface area contributed by atoms with Crippen LogP contribution in [-0.2, 0) is 4.79 Å². The second kappa shape index (κ2) is 6.28. The Morgan fingerprint density at radius 3 is 2.73 bits per heavy atom. The fourth-order valence-electron chi connectivity index (χ4n) is 3.29. The Hall–Kier alpha value is -2.20. The average Bonchev–Trinajstić information content (AvgIpc) is 2.53. The average molecular weight is 296 g/mol. The van der Waals surface area contributed by atoms with Gasteiger partial charge in [-0.2, -0.15) is 0 Å². The number of carbonyl (C=O) groups is 2. The van der Waals surface area contributed by atoms with E-state index in [-0.39, 0.29) is 24.2 Å². The highest BCUT2D eigenvalue weighted by molar-refractivity contribution is 6.09. The zero-order valence-corrected chi connectivity index (χ0v) is 12.5. The number of nitrogens with two attached hydrogens (primary N) is 1. The minimum absolute atomic E-state index is 0.0566. The maximum absolute atomic E-state index is 12.9. The SMILES string of the molecule is NC(=O)CN1CCC[C@H](C(=O)c2cccc3ccccc23)C1. The highest BCUT2D eigenvalue weighted by atomic mass is 16.1. The van der Waals surface area contributed by atoms with Crippen LogP contribution >= 0.6 is 0 Å². The summed E-state index contributed by atoms with van der Waals surface area (Å²) in [5, 5.41) is 2.08. The van der Waals surface area contributed by atoms with E-state index in [9.17, 15) is 9.59 Å². The van der Waals surface area contributed by atoms with Crippen molar-refractivity contribution in [1.29, 1.82) is 0 Å². The molecule has 2 N–H and O–H groups in total. The number of benzene rings is 2. The lowest BCUT2D eigenvalue weighted by Gasteiger charge is -2.31. The molecule has 1 atom stereocenters. The van der Waals surface area contributed by atoms with E-state index in [1.807, 2.05) is 47.4 Å². The van der Waals surface area contributed by atoms with Crippen LogP contribution in [0.3, 0.4) is 0 Å². The number of amides is 1. The van der Waals surface area contributed by atoms with E-state index >= 15 is 0 Å². The Bertz CT molecular complexity index is 706. The van der Waals surface area contributed by atoms with Crippen molar-refractivity contribution in [2.75, 3.05) is 19.6 Å². The second-order valence-corrected chi connectivity index (χ2v) is 5.93. The van der Waals surface area contributed by atoms with E-state index in [1.165, 1.54) is 0 Å². The van der Waals surface area contributed by atoms with Crippen molar-refractivity contribution in [2.45, 2.75) is 12.8 Å². The number of rotatable bonds is 4. The van der Waals surface area contributed by atoms with Gasteiger partial charge >= 0.3 is 0 Å². The summed E-state index contributed by atoms with van der Waals surface area (Å²) >= 11 is 0. The van der Waals surface area contributed by atoms with E-state index < -0.39 is 0 Å². The summed E-state index contributed by atoms with van der Waals surface area (Å²) in [6, 6.07) is 13.8. The first-order chi connectivity index (χ1) is 10.6. The summed E-state index contributed by atoms with van der Waals surface area (Å²) < 4.78 is 0. The molecule has 0 aromatic heterocycles. The third kappa shape index (κ3) is 3.02. The zero-order valence-electron chi connectivity index (χ0n) is 12.5. The Balaban J connectivity index is 1.84. The van der Waals surface area contributed by atoms with Gasteiger partial charge in [0.25, 0.3) is 0 Å². The van der Waals surface area contributed by atoms with Crippen molar-refractivity contribution in [3.8, 4) is 0 Å². The van der Waals surface area contributed by atoms with E-state index in [4.69, 9.17) is 5.73 Å². The number of Topliss-reactive ketones (excluding diaryl/α,β-unsaturated/α-hetero) is 1. The molecule has 0 saturated carbocycles. The number of ketones is 1. The number of primary amides is 1. The number of fused-ring (bicyclic) bond motifs is 1. The molecule has 1 fully saturated rings. The van der Waals surface area contributed by atoms with Gasteiger partial charge in [-0.1, -0.05) is 42.5 Å². The van der Waals surface area contributed by atoms with E-state index in [2.05, 4.69) is 0 Å². The molecule has 4 nitrogen and oxygen atoms in total. The number of carbonyl (C=O) groups excluding carboxylic acids is 2. The number of hydrogen-bond donors (Lipinski definition) is 1. The van der Waals surface area contributed by atoms with Crippen LogP contribution in [0.5, 0.6) is 0 Å². The predicted molar refractivity (Wildman–Crippen MR) is 86.6 cm³/mol. The van der Waals surface area contributed by atoms with Crippen molar-refractivity contribution < 1.29 is 9.59 Å². The molecule has 0 aliphatic carbocycles. The molecule has 0 unspecified atom stereocenters. The molecule has 1 saturated heterocycles. The Morgan fingerprint density at radius 2 is 1.91 bits per heavy atom. The van der Waals surface area contributed by atoms with E-state index in [0.29, 0.717) is 6.54 Å². The minimum Gasteiger partial charge on any atom is -0.369 e. The van der Waals surface area contributed by atoms with Gasteiger partial charge in [-0.25, -0.2) is 0 Å². The van der Waals surface area contributed by atoms with Crippen molar-refractivity contribution in [2.24, 2.45) is 11.7 Å². The normalized spacial score (nSPS) is 19.2. The molecule has 1 amide bonds. The molecule has 2 aromatic rings. The van der Waals surface area contributed by atoms with Gasteiger partial charge in [0.1, 0.15) is 0 Å². The summed E-state index contributed by atoms with van der Waals surface area (Å²) in [5.74, 6) is -0.219. The van der Waals surface area contributed by atoms with Gasteiger partial charge in [0, 0.05) is 18.0 Å². The monoisotopic (exact) mass is 296 g/mol. The summed E-state index contributed by atoms with van der Waals surface area (Å²) in [5.41, 5.74) is 6.05. The number of likely N-dealkylation sites (tertiary alicyclic amines) is 1. The lowest BCUT2D eigenvalue weighted by molar-refractivity contribution is -0.119. The molecule has 22 heavy (non-hydrogen) atoms. The first-order valence-electron chi connectivity index (χ1n) is 7.68. The molecule has 0 radical (unpaired) electrons. The molecule has 2 aromatic carbocycles. The van der Waals surface area contributed by atoms with Crippen LogP contribution in [0.4, 0.5) is 0 Å². The topological polar surface area (TPSA) is 63.4 Å². The van der Waals surface area contributed by atoms with Gasteiger partial charge in [0.05, 0.1) is 6.54 Å². The summed E-state index contributed by atoms with van der Waals surface area (Å²) in [4.78, 5) is 26.0. The largest absolute Gasteiger partial charge is 0.369 e. The first-order valence-corrected chi connectivity index (χ1v) is 7.68. The van der Waals surface area contributed by atoms with Crippen molar-refractivity contribution in [3.05, 3.63) is 48.0 Å². The fourth-order valence-corrected chi connectivity index (χ4v) is 3.29. The summed E-state index contributed by atoms with van der Waals surface area (Å²) in [7, 11) is 0. The Morgan fingerprint density at radius 1 is 1.14 bits per heavy atom. The third-order valence-electron chi connectivity index (χ3n) is 4.31. The molecule has 3 rings (SSSR count). The quantitative estimate of drug-likeness (QED) is 0.880. The fraction of sp³-hybridized carbons (Fsp3) is 0.333. The van der Waals surface area contributed by atoms with E-state index in [0.717, 1.165) is 35.7 Å². The molecular weight excluding hydrogens is 276 g/mol. The van der Waals surface area contributed by atoms with Crippen molar-refractivity contribution >= 4 is 22.5 Å². The van der Waals surface area contributed by atoms with Gasteiger partial charge in [-0.05, 0) is 30.2 Å². The third-order valence-corrected chi connectivity index (χ3v) is 4.31. The second-order valence-electron chi connectivity index (χ2n) is 5.93. The minimum atomic E-state index is -0.335. The number of nitrogens with zero attached hydrogens (tertiary/aromatic N) is 1. The van der Waals surface area contributed by atoms with Crippen molar-refractivity contribution in [3.63, 3.8) is 0 Å². The van der Waals surface area contributed by atoms with E-state index in [1.54, 1.807) is 0 Å². The van der Waals surface area contributed by atoms with Gasteiger partial charge in [0.15, 0.2) is 5.78 Å². The van der Waals surface area contributed by atoms with Crippen LogP contribution < -0.4 is 5.73 Å². The number of hydrogen-bond acceptors (Lipinski definition) is 3. The highest BCUT2D eigenvalue weighted by Gasteiger charge is 2.27. The van der Waals surface area contributed by atoms with Crippen LogP contribution in [0.25, 0.3) is 10.8 Å². The van der Waals surface area contributed by atoms with Crippen LogP contribution in [0, 0.1) is 5.92 Å². The van der Waals surface area contributed by atoms with Crippen LogP contribution in [0.1, 0.15) is 23.2 Å². The van der Waals surface area contributed by atoms with Crippen LogP contribution in [0.15, 0.2) is 42.5 Å². The van der Waals surface area contributed by atoms with Crippen LogP contribution in [-0.4, -0.2) is 36.2 Å². The highest BCUT2D eigenvalue weighted by Crippen LogP contribution is 2.25. The lowest BCUT2D eigenvalue weighted by Crippen LogP contribution is -2.42. The molecule has 0 spiro atoms. The Kier molecular flexibility index (Phi) is 4.20. The standard InChI is InChI=1S/C18H20N2O2/c19-17(21)12-20-10-4-7-14(11-20)18(22)16-9-3-6-13-5-1-2-8-15(13)16/h1-3,5-6,8-9,14H,4,7,10-12H2,(H2,19,21)/t14-/m0/s1. The molecule has 1 heterocycles. The lowest BCUT2D eigenvalue weighted by atomic mass is 9.88. The maximum Gasteiger partial charge on any atom is 0.231 e. The van der Waals surface area contributed by atoms with Gasteiger partial charge in [0.2, 0.25) is 5.91 Å². The van der Waals surface area contributed by atoms with Gasteiger partial charge in [-0.15, -0.1) is 0 Å². The zero-order chi connectivity index (χ0) is 15.5. The predicted octanol–water partition coefficient (Wildman–Crippen LogP) is 2.22.